The molecule has 2 N–H and O–H groups in total. The summed E-state index contributed by atoms with van der Waals surface area (Å²) in [7, 11) is 0. The molecule has 0 bridgehead atoms. The maximum Gasteiger partial charge on any atom is 0.358 e. The zero-order valence-electron chi connectivity index (χ0n) is 11.0. The SMILES string of the molecule is O=C(O)c1cn(CCNCc2ccccc2[N+](=O)[O-])nn1. The first kappa shape index (κ1) is 14.6. The standard InChI is InChI=1S/C12H13N5O4/c18-12(19)10-8-16(15-14-10)6-5-13-7-9-3-1-2-4-11(9)17(20)21/h1-4,8,13H,5-7H2,(H,18,19). The second kappa shape index (κ2) is 6.57. The number of carbonyl (C=O) groups is 1. The van der Waals surface area contributed by atoms with Crippen LogP contribution in [0.5, 0.6) is 0 Å². The van der Waals surface area contributed by atoms with Crippen molar-refractivity contribution in [2.24, 2.45) is 0 Å². The van der Waals surface area contributed by atoms with Gasteiger partial charge < -0.3 is 10.4 Å². The topological polar surface area (TPSA) is 123 Å². The van der Waals surface area contributed by atoms with Gasteiger partial charge in [-0.1, -0.05) is 23.4 Å². The number of para-hydroxylation sites is 1. The van der Waals surface area contributed by atoms with Crippen molar-refractivity contribution in [1.82, 2.24) is 20.3 Å². The van der Waals surface area contributed by atoms with Crippen molar-refractivity contribution in [2.75, 3.05) is 6.54 Å². The Balaban J connectivity index is 1.84. The number of carboxylic acid groups (broad SMARTS) is 1. The van der Waals surface area contributed by atoms with Gasteiger partial charge in [-0.3, -0.25) is 14.8 Å². The lowest BCUT2D eigenvalue weighted by Crippen LogP contribution is -2.20. The average Bonchev–Trinajstić information content (AvgIpc) is 2.93. The van der Waals surface area contributed by atoms with Crippen LogP contribution in [-0.4, -0.2) is 37.5 Å². The molecule has 0 aliphatic heterocycles. The lowest BCUT2D eigenvalue weighted by Gasteiger charge is -2.05. The Kier molecular flexibility index (Phi) is 4.57. The number of nitro benzene ring substituents is 1. The molecule has 1 aromatic heterocycles. The molecule has 110 valence electrons. The van der Waals surface area contributed by atoms with Crippen LogP contribution in [0.2, 0.25) is 0 Å². The van der Waals surface area contributed by atoms with Gasteiger partial charge >= 0.3 is 5.97 Å². The number of hydrogen-bond acceptors (Lipinski definition) is 6. The molecule has 0 spiro atoms. The van der Waals surface area contributed by atoms with E-state index < -0.39 is 10.9 Å². The summed E-state index contributed by atoms with van der Waals surface area (Å²) in [4.78, 5) is 21.1. The molecule has 0 fully saturated rings. The van der Waals surface area contributed by atoms with E-state index >= 15 is 0 Å². The van der Waals surface area contributed by atoms with Gasteiger partial charge in [0.15, 0.2) is 5.69 Å². The van der Waals surface area contributed by atoms with Gasteiger partial charge in [-0.05, 0) is 0 Å². The van der Waals surface area contributed by atoms with Gasteiger partial charge in [-0.2, -0.15) is 0 Å². The highest BCUT2D eigenvalue weighted by atomic mass is 16.6. The van der Waals surface area contributed by atoms with E-state index in [9.17, 15) is 14.9 Å². The van der Waals surface area contributed by atoms with Crippen LogP contribution in [0.25, 0.3) is 0 Å². The molecular formula is C12H13N5O4. The third kappa shape index (κ3) is 3.83. The minimum Gasteiger partial charge on any atom is -0.476 e. The summed E-state index contributed by atoms with van der Waals surface area (Å²) >= 11 is 0. The number of nitrogens with zero attached hydrogens (tertiary/aromatic N) is 4. The Morgan fingerprint density at radius 1 is 1.43 bits per heavy atom. The molecule has 0 radical (unpaired) electrons. The van der Waals surface area contributed by atoms with Gasteiger partial charge in [0.05, 0.1) is 17.7 Å². The highest BCUT2D eigenvalue weighted by molar-refractivity contribution is 5.84. The number of nitro groups is 1. The molecule has 9 heteroatoms. The van der Waals surface area contributed by atoms with Crippen LogP contribution in [0.3, 0.4) is 0 Å². The zero-order valence-corrected chi connectivity index (χ0v) is 11.0. The normalized spacial score (nSPS) is 10.5. The van der Waals surface area contributed by atoms with Crippen LogP contribution in [0.15, 0.2) is 30.5 Å². The number of aromatic nitrogens is 3. The molecule has 1 aromatic carbocycles. The lowest BCUT2D eigenvalue weighted by molar-refractivity contribution is -0.385. The Labute approximate surface area is 119 Å². The first-order valence-corrected chi connectivity index (χ1v) is 6.14. The third-order valence-electron chi connectivity index (χ3n) is 2.78. The molecule has 0 aliphatic rings. The molecule has 1 heterocycles. The van der Waals surface area contributed by atoms with E-state index in [2.05, 4.69) is 15.6 Å². The molecule has 0 saturated heterocycles. The van der Waals surface area contributed by atoms with E-state index in [4.69, 9.17) is 5.11 Å². The van der Waals surface area contributed by atoms with Gasteiger partial charge in [-0.15, -0.1) is 5.10 Å². The van der Waals surface area contributed by atoms with Crippen LogP contribution >= 0.6 is 0 Å². The molecule has 9 nitrogen and oxygen atoms in total. The predicted octanol–water partition coefficient (Wildman–Crippen LogP) is 0.674. The maximum absolute atomic E-state index is 10.8. The fourth-order valence-corrected chi connectivity index (χ4v) is 1.76. The quantitative estimate of drug-likeness (QED) is 0.436. The first-order chi connectivity index (χ1) is 10.1. The summed E-state index contributed by atoms with van der Waals surface area (Å²) in [5, 5.41) is 29.7. The Hall–Kier alpha value is -2.81. The number of hydrogen-bond donors (Lipinski definition) is 2. The lowest BCUT2D eigenvalue weighted by atomic mass is 10.2. The van der Waals surface area contributed by atoms with E-state index in [0.29, 0.717) is 25.2 Å². The van der Waals surface area contributed by atoms with Crippen LogP contribution in [0.4, 0.5) is 5.69 Å². The van der Waals surface area contributed by atoms with Crippen molar-refractivity contribution in [3.8, 4) is 0 Å². The Bertz CT molecular complexity index is 655. The van der Waals surface area contributed by atoms with Crippen LogP contribution in [0.1, 0.15) is 16.1 Å². The van der Waals surface area contributed by atoms with Crippen molar-refractivity contribution in [1.29, 1.82) is 0 Å². The zero-order chi connectivity index (χ0) is 15.2. The second-order valence-corrected chi connectivity index (χ2v) is 4.23. The van der Waals surface area contributed by atoms with E-state index in [1.165, 1.54) is 16.9 Å². The summed E-state index contributed by atoms with van der Waals surface area (Å²) in [6, 6.07) is 6.49. The van der Waals surface area contributed by atoms with Gasteiger partial charge in [0, 0.05) is 24.7 Å². The average molecular weight is 291 g/mol. The molecular weight excluding hydrogens is 278 g/mol. The molecule has 0 saturated carbocycles. The number of aromatic carboxylic acids is 1. The molecule has 0 amide bonds. The molecule has 0 unspecified atom stereocenters. The molecule has 2 rings (SSSR count). The van der Waals surface area contributed by atoms with Gasteiger partial charge in [0.2, 0.25) is 0 Å². The van der Waals surface area contributed by atoms with Crippen molar-refractivity contribution >= 4 is 11.7 Å². The van der Waals surface area contributed by atoms with Crippen molar-refractivity contribution in [3.05, 3.63) is 51.8 Å². The molecule has 0 aliphatic carbocycles. The van der Waals surface area contributed by atoms with Crippen molar-refractivity contribution in [2.45, 2.75) is 13.1 Å². The maximum atomic E-state index is 10.8. The number of carboxylic acids is 1. The summed E-state index contributed by atoms with van der Waals surface area (Å²) in [6.07, 6.45) is 1.33. The van der Waals surface area contributed by atoms with E-state index in [1.807, 2.05) is 0 Å². The van der Waals surface area contributed by atoms with Crippen molar-refractivity contribution in [3.63, 3.8) is 0 Å². The summed E-state index contributed by atoms with van der Waals surface area (Å²) in [6.45, 7) is 1.24. The Morgan fingerprint density at radius 3 is 2.86 bits per heavy atom. The summed E-state index contributed by atoms with van der Waals surface area (Å²) in [5.74, 6) is -1.13. The third-order valence-corrected chi connectivity index (χ3v) is 2.78. The smallest absolute Gasteiger partial charge is 0.358 e. The van der Waals surface area contributed by atoms with Crippen molar-refractivity contribution < 1.29 is 14.8 Å². The predicted molar refractivity (Wildman–Crippen MR) is 71.8 cm³/mol. The number of benzene rings is 1. The fourth-order valence-electron chi connectivity index (χ4n) is 1.76. The second-order valence-electron chi connectivity index (χ2n) is 4.23. The van der Waals surface area contributed by atoms with Gasteiger partial charge in [0.1, 0.15) is 0 Å². The van der Waals surface area contributed by atoms with Crippen LogP contribution < -0.4 is 5.32 Å². The number of nitrogens with one attached hydrogen (secondary N) is 1. The van der Waals surface area contributed by atoms with Gasteiger partial charge in [0.25, 0.3) is 5.69 Å². The van der Waals surface area contributed by atoms with Crippen LogP contribution in [-0.2, 0) is 13.1 Å². The van der Waals surface area contributed by atoms with Gasteiger partial charge in [-0.25, -0.2) is 4.79 Å². The fraction of sp³-hybridized carbons (Fsp3) is 0.250. The number of rotatable bonds is 7. The monoisotopic (exact) mass is 291 g/mol. The summed E-state index contributed by atoms with van der Waals surface area (Å²) in [5.41, 5.74) is 0.542. The first-order valence-electron chi connectivity index (χ1n) is 6.14. The van der Waals surface area contributed by atoms with E-state index in [-0.39, 0.29) is 11.4 Å². The summed E-state index contributed by atoms with van der Waals surface area (Å²) < 4.78 is 1.40. The molecule has 21 heavy (non-hydrogen) atoms. The highest BCUT2D eigenvalue weighted by Gasteiger charge is 2.11. The highest BCUT2D eigenvalue weighted by Crippen LogP contribution is 2.16. The minimum atomic E-state index is -1.13. The molecule has 0 atom stereocenters. The minimum absolute atomic E-state index is 0.0684. The van der Waals surface area contributed by atoms with E-state index in [1.54, 1.807) is 18.2 Å². The van der Waals surface area contributed by atoms with Crippen LogP contribution in [0, 0.1) is 10.1 Å². The Morgan fingerprint density at radius 2 is 2.19 bits per heavy atom. The largest absolute Gasteiger partial charge is 0.476 e. The molecule has 2 aromatic rings. The van der Waals surface area contributed by atoms with E-state index in [0.717, 1.165) is 0 Å².